The molecule has 0 aliphatic heterocycles. The van der Waals surface area contributed by atoms with Gasteiger partial charge in [-0.15, -0.1) is 0 Å². The van der Waals surface area contributed by atoms with Gasteiger partial charge >= 0.3 is 0 Å². The molecular formula is C17H11Br3N4O2. The fourth-order valence-electron chi connectivity index (χ4n) is 2.12. The third kappa shape index (κ3) is 4.05. The van der Waals surface area contributed by atoms with Crippen LogP contribution in [0.4, 0.5) is 0 Å². The van der Waals surface area contributed by atoms with Crippen molar-refractivity contribution in [2.24, 2.45) is 5.10 Å². The minimum Gasteiger partial charge on any atom is -0.506 e. The first-order valence-corrected chi connectivity index (χ1v) is 9.66. The fraction of sp³-hybridized carbons (Fsp3) is 0. The van der Waals surface area contributed by atoms with Crippen molar-refractivity contribution in [2.45, 2.75) is 0 Å². The van der Waals surface area contributed by atoms with Crippen LogP contribution in [0.3, 0.4) is 0 Å². The number of aromatic amines is 1. The van der Waals surface area contributed by atoms with E-state index >= 15 is 0 Å². The first-order chi connectivity index (χ1) is 12.5. The number of carbonyl (C=O) groups is 1. The second-order valence-electron chi connectivity index (χ2n) is 5.15. The van der Waals surface area contributed by atoms with Gasteiger partial charge < -0.3 is 5.11 Å². The van der Waals surface area contributed by atoms with Crippen molar-refractivity contribution in [1.29, 1.82) is 0 Å². The maximum atomic E-state index is 12.2. The summed E-state index contributed by atoms with van der Waals surface area (Å²) in [6.07, 6.45) is 1.42. The largest absolute Gasteiger partial charge is 0.506 e. The van der Waals surface area contributed by atoms with Crippen LogP contribution < -0.4 is 5.43 Å². The number of aromatic hydroxyl groups is 1. The number of benzene rings is 2. The number of halogens is 3. The SMILES string of the molecule is O=C(NN=Cc1c(Br)cc(Br)c(O)c1Br)c1cc(-c2ccccc2)n[nH]1. The molecule has 0 spiro atoms. The van der Waals surface area contributed by atoms with Crippen LogP contribution in [0.5, 0.6) is 5.75 Å². The van der Waals surface area contributed by atoms with E-state index in [1.165, 1.54) is 6.21 Å². The lowest BCUT2D eigenvalue weighted by Crippen LogP contribution is -2.18. The minimum absolute atomic E-state index is 0.0436. The molecule has 3 aromatic rings. The molecule has 0 radical (unpaired) electrons. The second kappa shape index (κ2) is 8.15. The van der Waals surface area contributed by atoms with Crippen LogP contribution >= 0.6 is 47.8 Å². The highest BCUT2D eigenvalue weighted by molar-refractivity contribution is 9.11. The predicted octanol–water partition coefficient (Wildman–Crippen LogP) is 4.83. The number of amides is 1. The summed E-state index contributed by atoms with van der Waals surface area (Å²) in [5.41, 5.74) is 4.87. The Morgan fingerprint density at radius 3 is 2.62 bits per heavy atom. The van der Waals surface area contributed by atoms with Gasteiger partial charge in [0.05, 0.1) is 20.9 Å². The van der Waals surface area contributed by atoms with Gasteiger partial charge in [-0.05, 0) is 44.0 Å². The van der Waals surface area contributed by atoms with Crippen LogP contribution in [0.2, 0.25) is 0 Å². The molecule has 26 heavy (non-hydrogen) atoms. The Bertz CT molecular complexity index is 987. The number of nitrogens with zero attached hydrogens (tertiary/aromatic N) is 2. The zero-order valence-corrected chi connectivity index (χ0v) is 17.8. The van der Waals surface area contributed by atoms with E-state index in [2.05, 4.69) is 68.5 Å². The Morgan fingerprint density at radius 2 is 1.88 bits per heavy atom. The van der Waals surface area contributed by atoms with Crippen molar-refractivity contribution >= 4 is 59.9 Å². The molecule has 132 valence electrons. The molecule has 6 nitrogen and oxygen atoms in total. The third-order valence-electron chi connectivity index (χ3n) is 3.43. The number of rotatable bonds is 4. The van der Waals surface area contributed by atoms with Crippen LogP contribution in [0.1, 0.15) is 16.1 Å². The smallest absolute Gasteiger partial charge is 0.289 e. The molecule has 0 bridgehead atoms. The maximum absolute atomic E-state index is 12.2. The number of aromatic nitrogens is 2. The van der Waals surface area contributed by atoms with Crippen molar-refractivity contribution in [2.75, 3.05) is 0 Å². The lowest BCUT2D eigenvalue weighted by Gasteiger charge is -2.06. The predicted molar refractivity (Wildman–Crippen MR) is 110 cm³/mol. The van der Waals surface area contributed by atoms with Gasteiger partial charge in [0.2, 0.25) is 0 Å². The topological polar surface area (TPSA) is 90.4 Å². The Morgan fingerprint density at radius 1 is 1.15 bits per heavy atom. The van der Waals surface area contributed by atoms with Crippen molar-refractivity contribution in [3.63, 3.8) is 0 Å². The number of hydrogen-bond donors (Lipinski definition) is 3. The quantitative estimate of drug-likeness (QED) is 0.326. The molecule has 2 aromatic carbocycles. The number of carbonyl (C=O) groups excluding carboxylic acids is 1. The molecule has 1 heterocycles. The summed E-state index contributed by atoms with van der Waals surface area (Å²) in [5, 5.41) is 20.7. The summed E-state index contributed by atoms with van der Waals surface area (Å²) in [6, 6.07) is 12.9. The molecule has 0 aliphatic rings. The highest BCUT2D eigenvalue weighted by Gasteiger charge is 2.13. The van der Waals surface area contributed by atoms with E-state index in [4.69, 9.17) is 0 Å². The lowest BCUT2D eigenvalue weighted by atomic mass is 10.1. The molecule has 1 aromatic heterocycles. The second-order valence-corrected chi connectivity index (χ2v) is 7.65. The molecule has 0 saturated heterocycles. The summed E-state index contributed by atoms with van der Waals surface area (Å²) < 4.78 is 1.67. The molecular weight excluding hydrogens is 532 g/mol. The summed E-state index contributed by atoms with van der Waals surface area (Å²) in [5.74, 6) is -0.383. The number of H-pyrrole nitrogens is 1. The summed E-state index contributed by atoms with van der Waals surface area (Å²) in [4.78, 5) is 12.2. The zero-order chi connectivity index (χ0) is 18.7. The molecule has 0 fully saturated rings. The molecule has 0 saturated carbocycles. The average Bonchev–Trinajstić information content (AvgIpc) is 3.13. The Balaban J connectivity index is 1.73. The van der Waals surface area contributed by atoms with Gasteiger partial charge in [-0.3, -0.25) is 9.89 Å². The van der Waals surface area contributed by atoms with E-state index in [1.54, 1.807) is 12.1 Å². The van der Waals surface area contributed by atoms with Crippen LogP contribution in [-0.2, 0) is 0 Å². The van der Waals surface area contributed by atoms with Gasteiger partial charge in [0.15, 0.2) is 0 Å². The van der Waals surface area contributed by atoms with Crippen LogP contribution in [0.15, 0.2) is 61.0 Å². The van der Waals surface area contributed by atoms with Gasteiger partial charge in [-0.2, -0.15) is 10.2 Å². The fourth-order valence-corrected chi connectivity index (χ4v) is 4.45. The number of nitrogens with one attached hydrogen (secondary N) is 2. The highest BCUT2D eigenvalue weighted by atomic mass is 79.9. The van der Waals surface area contributed by atoms with E-state index in [0.717, 1.165) is 5.56 Å². The summed E-state index contributed by atoms with van der Waals surface area (Å²) >= 11 is 9.91. The zero-order valence-electron chi connectivity index (χ0n) is 13.0. The van der Waals surface area contributed by atoms with E-state index in [-0.39, 0.29) is 11.4 Å². The molecule has 3 rings (SSSR count). The minimum atomic E-state index is -0.426. The third-order valence-corrected chi connectivity index (χ3v) is 5.50. The van der Waals surface area contributed by atoms with Crippen LogP contribution in [-0.4, -0.2) is 27.4 Å². The molecule has 3 N–H and O–H groups in total. The normalized spacial score (nSPS) is 11.0. The van der Waals surface area contributed by atoms with Crippen molar-refractivity contribution in [3.05, 3.63) is 67.1 Å². The average molecular weight is 543 g/mol. The van der Waals surface area contributed by atoms with Crippen molar-refractivity contribution < 1.29 is 9.90 Å². The molecule has 9 heteroatoms. The Hall–Kier alpha value is -1.97. The molecule has 1 amide bonds. The number of phenols is 1. The van der Waals surface area contributed by atoms with E-state index in [0.29, 0.717) is 24.7 Å². The van der Waals surface area contributed by atoms with Gasteiger partial charge in [0.1, 0.15) is 11.4 Å². The monoisotopic (exact) mass is 540 g/mol. The first kappa shape index (κ1) is 18.8. The number of hydrogen-bond acceptors (Lipinski definition) is 4. The number of hydrazone groups is 1. The van der Waals surface area contributed by atoms with E-state index in [1.807, 2.05) is 30.3 Å². The van der Waals surface area contributed by atoms with Gasteiger partial charge in [0.25, 0.3) is 5.91 Å². The summed E-state index contributed by atoms with van der Waals surface area (Å²) in [6.45, 7) is 0. The van der Waals surface area contributed by atoms with Crippen molar-refractivity contribution in [1.82, 2.24) is 15.6 Å². The Kier molecular flexibility index (Phi) is 5.90. The van der Waals surface area contributed by atoms with E-state index in [9.17, 15) is 9.90 Å². The Labute approximate surface area is 174 Å². The number of phenolic OH excluding ortho intramolecular Hbond substituents is 1. The molecule has 0 aliphatic carbocycles. The highest BCUT2D eigenvalue weighted by Crippen LogP contribution is 2.38. The van der Waals surface area contributed by atoms with Crippen LogP contribution in [0, 0.1) is 0 Å². The van der Waals surface area contributed by atoms with E-state index < -0.39 is 5.91 Å². The van der Waals surface area contributed by atoms with Gasteiger partial charge in [-0.25, -0.2) is 5.43 Å². The standard InChI is InChI=1S/C17H11Br3N4O2/c18-11-6-12(19)16(25)15(20)10(11)8-21-24-17(26)14-7-13(22-23-14)9-4-2-1-3-5-9/h1-8,25H,(H,22,23)(H,24,26). The lowest BCUT2D eigenvalue weighted by molar-refractivity contribution is 0.0950. The van der Waals surface area contributed by atoms with Gasteiger partial charge in [-0.1, -0.05) is 46.3 Å². The van der Waals surface area contributed by atoms with Crippen LogP contribution in [0.25, 0.3) is 11.3 Å². The van der Waals surface area contributed by atoms with Crippen molar-refractivity contribution in [3.8, 4) is 17.0 Å². The molecule has 0 unspecified atom stereocenters. The summed E-state index contributed by atoms with van der Waals surface area (Å²) in [7, 11) is 0. The first-order valence-electron chi connectivity index (χ1n) is 7.28. The molecule has 0 atom stereocenters. The maximum Gasteiger partial charge on any atom is 0.289 e. The van der Waals surface area contributed by atoms with Gasteiger partial charge in [0, 0.05) is 15.6 Å².